The molecule has 194 valence electrons. The Kier molecular flexibility index (Phi) is 10.1. The molecule has 1 saturated heterocycles. The van der Waals surface area contributed by atoms with Crippen LogP contribution >= 0.6 is 0 Å². The first kappa shape index (κ1) is 29.8. The van der Waals surface area contributed by atoms with Gasteiger partial charge >= 0.3 is 0 Å². The van der Waals surface area contributed by atoms with Gasteiger partial charge in [0, 0.05) is 42.9 Å². The molecule has 35 heavy (non-hydrogen) atoms. The molecule has 1 aliphatic rings. The third-order valence-corrected chi connectivity index (χ3v) is 4.12. The minimum atomic E-state index is -0.490. The summed E-state index contributed by atoms with van der Waals surface area (Å²) in [5.74, 6) is 0.160. The molecule has 10 heteroatoms. The summed E-state index contributed by atoms with van der Waals surface area (Å²) in [6.45, 7) is 17.6. The van der Waals surface area contributed by atoms with Gasteiger partial charge in [0.1, 0.15) is 11.4 Å². The Morgan fingerprint density at radius 3 is 1.71 bits per heavy atom. The van der Waals surface area contributed by atoms with Crippen LogP contribution in [0.5, 0.6) is 5.75 Å². The van der Waals surface area contributed by atoms with Crippen molar-refractivity contribution in [2.45, 2.75) is 91.9 Å². The van der Waals surface area contributed by atoms with Crippen molar-refractivity contribution in [2.75, 3.05) is 0 Å². The van der Waals surface area contributed by atoms with E-state index in [0.717, 1.165) is 5.06 Å². The smallest absolute Gasteiger partial charge is 0.269 e. The molecule has 1 aromatic heterocycles. The minimum Gasteiger partial charge on any atom is -0.488 e. The van der Waals surface area contributed by atoms with Gasteiger partial charge in [-0.15, -0.1) is 0 Å². The number of imide groups is 1. The zero-order valence-corrected chi connectivity index (χ0v) is 22.2. The van der Waals surface area contributed by atoms with E-state index in [1.165, 1.54) is 12.1 Å². The van der Waals surface area contributed by atoms with E-state index in [0.29, 0.717) is 5.75 Å². The van der Waals surface area contributed by atoms with Crippen molar-refractivity contribution in [1.29, 1.82) is 0 Å². The van der Waals surface area contributed by atoms with E-state index in [1.54, 1.807) is 39.1 Å². The first-order chi connectivity index (χ1) is 15.9. The maximum atomic E-state index is 11.0. The van der Waals surface area contributed by atoms with Crippen molar-refractivity contribution in [1.82, 2.24) is 14.6 Å². The van der Waals surface area contributed by atoms with Crippen LogP contribution in [0, 0.1) is 10.1 Å². The quantitative estimate of drug-likeness (QED) is 0.326. The normalized spacial score (nSPS) is 14.0. The Hall–Kier alpha value is -3.27. The number of ether oxygens (including phenoxy) is 1. The fraction of sp³-hybridized carbons (Fsp3) is 0.560. The maximum Gasteiger partial charge on any atom is 0.269 e. The van der Waals surface area contributed by atoms with Crippen molar-refractivity contribution in [3.05, 3.63) is 53.1 Å². The highest BCUT2D eigenvalue weighted by Crippen LogP contribution is 2.21. The first-order valence-electron chi connectivity index (χ1n) is 11.4. The van der Waals surface area contributed by atoms with Crippen LogP contribution in [0.15, 0.2) is 43.0 Å². The number of nitro groups is 1. The second-order valence-corrected chi connectivity index (χ2v) is 10.9. The number of aromatic nitrogens is 2. The van der Waals surface area contributed by atoms with Gasteiger partial charge in [0.25, 0.3) is 17.5 Å². The topological polar surface area (TPSA) is 117 Å². The van der Waals surface area contributed by atoms with Crippen LogP contribution in [0.3, 0.4) is 0 Å². The second kappa shape index (κ2) is 11.9. The molecule has 0 saturated carbocycles. The fourth-order valence-electron chi connectivity index (χ4n) is 2.58. The average Bonchev–Trinajstić information content (AvgIpc) is 3.34. The van der Waals surface area contributed by atoms with Gasteiger partial charge in [-0.3, -0.25) is 24.5 Å². The number of non-ortho nitro benzene ring substituents is 1. The summed E-state index contributed by atoms with van der Waals surface area (Å²) < 4.78 is 7.59. The lowest BCUT2D eigenvalue weighted by molar-refractivity contribution is -0.384. The largest absolute Gasteiger partial charge is 0.488 e. The van der Waals surface area contributed by atoms with E-state index in [2.05, 4.69) is 30.3 Å². The number of carbonyl (C=O) groups excluding carboxylic acids is 2. The van der Waals surface area contributed by atoms with Crippen LogP contribution in [0.4, 0.5) is 5.69 Å². The summed E-state index contributed by atoms with van der Waals surface area (Å²) in [7, 11) is 0. The molecule has 0 aliphatic carbocycles. The van der Waals surface area contributed by atoms with Crippen molar-refractivity contribution in [3.63, 3.8) is 0 Å². The Bertz CT molecular complexity index is 949. The first-order valence-corrected chi connectivity index (χ1v) is 11.4. The number of hydrogen-bond donors (Lipinski definition) is 0. The second-order valence-electron chi connectivity index (χ2n) is 10.9. The number of amides is 2. The van der Waals surface area contributed by atoms with E-state index in [-0.39, 0.29) is 41.5 Å². The van der Waals surface area contributed by atoms with Gasteiger partial charge in [-0.2, -0.15) is 5.06 Å². The van der Waals surface area contributed by atoms with Gasteiger partial charge < -0.3 is 9.30 Å². The molecular formula is C25H38N4O6. The molecule has 10 nitrogen and oxygen atoms in total. The lowest BCUT2D eigenvalue weighted by Crippen LogP contribution is -2.37. The Morgan fingerprint density at radius 2 is 1.40 bits per heavy atom. The predicted molar refractivity (Wildman–Crippen MR) is 133 cm³/mol. The minimum absolute atomic E-state index is 0.0752. The maximum absolute atomic E-state index is 11.0. The molecule has 1 aliphatic heterocycles. The number of rotatable bonds is 3. The van der Waals surface area contributed by atoms with Crippen molar-refractivity contribution >= 4 is 17.5 Å². The Labute approximate surface area is 207 Å². The SMILES string of the molecule is CC(C)(C)ON1C(=O)CCC1=O.CC(C)(C)Oc1ccc([N+](=O)[O-])cc1.CC(C)(C)n1ccnc1. The molecular weight excluding hydrogens is 452 g/mol. The lowest BCUT2D eigenvalue weighted by Gasteiger charge is -2.24. The van der Waals surface area contributed by atoms with Gasteiger partial charge in [0.2, 0.25) is 0 Å². The monoisotopic (exact) mass is 490 g/mol. The van der Waals surface area contributed by atoms with Crippen LogP contribution in [0.2, 0.25) is 0 Å². The Morgan fingerprint density at radius 1 is 0.886 bits per heavy atom. The molecule has 1 aromatic carbocycles. The summed E-state index contributed by atoms with van der Waals surface area (Å²) in [6, 6.07) is 6.06. The van der Waals surface area contributed by atoms with Gasteiger partial charge in [-0.1, -0.05) is 0 Å². The van der Waals surface area contributed by atoms with Crippen LogP contribution in [-0.4, -0.2) is 42.6 Å². The zero-order chi connectivity index (χ0) is 27.0. The van der Waals surface area contributed by atoms with Gasteiger partial charge in [-0.25, -0.2) is 4.98 Å². The van der Waals surface area contributed by atoms with E-state index < -0.39 is 10.5 Å². The number of hydroxylamine groups is 2. The van der Waals surface area contributed by atoms with Gasteiger partial charge in [0.05, 0.1) is 16.9 Å². The molecule has 0 unspecified atom stereocenters. The zero-order valence-electron chi connectivity index (χ0n) is 22.2. The number of benzene rings is 1. The molecule has 3 rings (SSSR count). The number of nitro benzene ring substituents is 1. The number of nitrogens with zero attached hydrogens (tertiary/aromatic N) is 4. The van der Waals surface area contributed by atoms with Gasteiger partial charge in [-0.05, 0) is 74.4 Å². The predicted octanol–water partition coefficient (Wildman–Crippen LogP) is 5.28. The van der Waals surface area contributed by atoms with Crippen molar-refractivity contribution in [2.24, 2.45) is 0 Å². The fourth-order valence-corrected chi connectivity index (χ4v) is 2.58. The summed E-state index contributed by atoms with van der Waals surface area (Å²) in [6.07, 6.45) is 6.15. The summed E-state index contributed by atoms with van der Waals surface area (Å²) >= 11 is 0. The van der Waals surface area contributed by atoms with Gasteiger partial charge in [0.15, 0.2) is 0 Å². The summed E-state index contributed by atoms with van der Waals surface area (Å²) in [5.41, 5.74) is -0.520. The molecule has 0 atom stereocenters. The molecule has 2 heterocycles. The van der Waals surface area contributed by atoms with Crippen LogP contribution in [0.1, 0.15) is 75.2 Å². The average molecular weight is 491 g/mol. The molecule has 1 fully saturated rings. The highest BCUT2D eigenvalue weighted by Gasteiger charge is 2.33. The number of hydrogen-bond acceptors (Lipinski definition) is 7. The molecule has 0 radical (unpaired) electrons. The van der Waals surface area contributed by atoms with Crippen LogP contribution in [0.25, 0.3) is 0 Å². The van der Waals surface area contributed by atoms with Crippen molar-refractivity contribution in [3.8, 4) is 5.75 Å². The number of imidazole rings is 1. The van der Waals surface area contributed by atoms with E-state index in [4.69, 9.17) is 9.57 Å². The van der Waals surface area contributed by atoms with E-state index in [9.17, 15) is 19.7 Å². The highest BCUT2D eigenvalue weighted by molar-refractivity contribution is 6.00. The summed E-state index contributed by atoms with van der Waals surface area (Å²) in [4.78, 5) is 41.1. The third kappa shape index (κ3) is 11.6. The van der Waals surface area contributed by atoms with E-state index >= 15 is 0 Å². The molecule has 0 bridgehead atoms. The molecule has 0 spiro atoms. The van der Waals surface area contributed by atoms with E-state index in [1.807, 2.05) is 33.3 Å². The molecule has 0 N–H and O–H groups in total. The summed E-state index contributed by atoms with van der Waals surface area (Å²) in [5, 5.41) is 11.2. The highest BCUT2D eigenvalue weighted by atomic mass is 16.7. The van der Waals surface area contributed by atoms with Crippen LogP contribution < -0.4 is 4.74 Å². The van der Waals surface area contributed by atoms with Crippen molar-refractivity contribution < 1.29 is 24.1 Å². The molecule has 2 aromatic rings. The Balaban J connectivity index is 0.000000269. The molecule has 2 amide bonds. The number of carbonyl (C=O) groups is 2. The lowest BCUT2D eigenvalue weighted by atomic mass is 10.1. The third-order valence-electron chi connectivity index (χ3n) is 4.12. The standard InChI is InChI=1S/C10H13NO3.C8H13NO3.C7H12N2/c1-10(2,3)14-9-6-4-8(5-7-9)11(12)13;1-8(2,3)12-9-6(10)4-5-7(9)11;1-7(2,3)9-5-4-8-6-9/h4-7H,1-3H3;4-5H2,1-3H3;4-6H,1-3H3. The van der Waals surface area contributed by atoms with Crippen LogP contribution in [-0.2, 0) is 20.0 Å².